The molecule has 0 aliphatic rings. The van der Waals surface area contributed by atoms with Crippen molar-refractivity contribution >= 4 is 17.5 Å². The second-order valence-corrected chi connectivity index (χ2v) is 6.07. The molecule has 3 aromatic rings. The number of nitrogens with zero attached hydrogens (tertiary/aromatic N) is 3. The minimum absolute atomic E-state index is 0.0748. The Hall–Kier alpha value is -2.59. The SMILES string of the molecule is CN(Cc1ccccc1Cl)C(=O)c1cnn(Cc2ccccc2)c1. The zero-order chi connectivity index (χ0) is 16.9. The second-order valence-electron chi connectivity index (χ2n) is 5.66. The van der Waals surface area contributed by atoms with Gasteiger partial charge >= 0.3 is 0 Å². The lowest BCUT2D eigenvalue weighted by Gasteiger charge is -2.17. The predicted octanol–water partition coefficient (Wildman–Crippen LogP) is 3.86. The van der Waals surface area contributed by atoms with Crippen molar-refractivity contribution in [2.24, 2.45) is 0 Å². The van der Waals surface area contributed by atoms with E-state index in [0.717, 1.165) is 11.1 Å². The first kappa shape index (κ1) is 16.3. The maximum atomic E-state index is 12.6. The summed E-state index contributed by atoms with van der Waals surface area (Å²) in [5.41, 5.74) is 2.64. The first-order chi connectivity index (χ1) is 11.6. The van der Waals surface area contributed by atoms with E-state index in [-0.39, 0.29) is 5.91 Å². The highest BCUT2D eigenvalue weighted by molar-refractivity contribution is 6.31. The summed E-state index contributed by atoms with van der Waals surface area (Å²) in [7, 11) is 1.76. The van der Waals surface area contributed by atoms with Gasteiger partial charge in [-0.3, -0.25) is 9.48 Å². The van der Waals surface area contributed by atoms with E-state index >= 15 is 0 Å². The monoisotopic (exact) mass is 339 g/mol. The molecule has 0 N–H and O–H groups in total. The molecule has 4 nitrogen and oxygen atoms in total. The Balaban J connectivity index is 1.68. The normalized spacial score (nSPS) is 10.6. The molecule has 0 unspecified atom stereocenters. The number of hydrogen-bond acceptors (Lipinski definition) is 2. The van der Waals surface area contributed by atoms with Crippen LogP contribution in [0, 0.1) is 0 Å². The van der Waals surface area contributed by atoms with Gasteiger partial charge < -0.3 is 4.90 Å². The molecule has 24 heavy (non-hydrogen) atoms. The Kier molecular flexibility index (Phi) is 4.96. The van der Waals surface area contributed by atoms with Crippen LogP contribution in [0.5, 0.6) is 0 Å². The molecule has 1 heterocycles. The first-order valence-electron chi connectivity index (χ1n) is 7.69. The minimum atomic E-state index is -0.0748. The average molecular weight is 340 g/mol. The molecule has 0 radical (unpaired) electrons. The van der Waals surface area contributed by atoms with Gasteiger partial charge in [-0.25, -0.2) is 0 Å². The van der Waals surface area contributed by atoms with Gasteiger partial charge in [0.2, 0.25) is 0 Å². The van der Waals surface area contributed by atoms with Crippen LogP contribution in [0.25, 0.3) is 0 Å². The van der Waals surface area contributed by atoms with Crippen LogP contribution in [0.2, 0.25) is 5.02 Å². The van der Waals surface area contributed by atoms with E-state index in [1.165, 1.54) is 0 Å². The fourth-order valence-electron chi connectivity index (χ4n) is 2.51. The highest BCUT2D eigenvalue weighted by Gasteiger charge is 2.15. The zero-order valence-corrected chi connectivity index (χ0v) is 14.1. The summed E-state index contributed by atoms with van der Waals surface area (Å²) in [4.78, 5) is 14.2. The quantitative estimate of drug-likeness (QED) is 0.708. The van der Waals surface area contributed by atoms with Crippen LogP contribution < -0.4 is 0 Å². The molecule has 0 bridgehead atoms. The molecule has 2 aromatic carbocycles. The Morgan fingerprint density at radius 1 is 1.12 bits per heavy atom. The summed E-state index contributed by atoms with van der Waals surface area (Å²) in [6.45, 7) is 1.10. The van der Waals surface area contributed by atoms with E-state index in [9.17, 15) is 4.79 Å². The number of rotatable bonds is 5. The van der Waals surface area contributed by atoms with Crippen molar-refractivity contribution in [3.05, 3.63) is 88.7 Å². The van der Waals surface area contributed by atoms with E-state index in [4.69, 9.17) is 11.6 Å². The first-order valence-corrected chi connectivity index (χ1v) is 8.06. The Bertz CT molecular complexity index is 829. The van der Waals surface area contributed by atoms with Crippen molar-refractivity contribution < 1.29 is 4.79 Å². The highest BCUT2D eigenvalue weighted by atomic mass is 35.5. The van der Waals surface area contributed by atoms with Crippen LogP contribution in [0.3, 0.4) is 0 Å². The average Bonchev–Trinajstić information content (AvgIpc) is 3.05. The second kappa shape index (κ2) is 7.32. The lowest BCUT2D eigenvalue weighted by Crippen LogP contribution is -2.26. The van der Waals surface area contributed by atoms with Gasteiger partial charge in [-0.15, -0.1) is 0 Å². The van der Waals surface area contributed by atoms with Gasteiger partial charge in [-0.1, -0.05) is 60.1 Å². The van der Waals surface area contributed by atoms with Crippen LogP contribution in [0.15, 0.2) is 67.0 Å². The van der Waals surface area contributed by atoms with Gasteiger partial charge in [-0.05, 0) is 17.2 Å². The molecule has 5 heteroatoms. The topological polar surface area (TPSA) is 38.1 Å². The predicted molar refractivity (Wildman–Crippen MR) is 95.0 cm³/mol. The van der Waals surface area contributed by atoms with E-state index in [1.807, 2.05) is 54.6 Å². The fraction of sp³-hybridized carbons (Fsp3) is 0.158. The van der Waals surface area contributed by atoms with Crippen molar-refractivity contribution in [2.75, 3.05) is 7.05 Å². The van der Waals surface area contributed by atoms with Crippen LogP contribution in [0.4, 0.5) is 0 Å². The number of amides is 1. The van der Waals surface area contributed by atoms with Crippen molar-refractivity contribution in [1.29, 1.82) is 0 Å². The number of hydrogen-bond donors (Lipinski definition) is 0. The van der Waals surface area contributed by atoms with Crippen LogP contribution in [-0.4, -0.2) is 27.6 Å². The summed E-state index contributed by atoms with van der Waals surface area (Å²) in [6, 6.07) is 17.6. The third-order valence-electron chi connectivity index (χ3n) is 3.78. The molecule has 0 aliphatic heterocycles. The molecule has 0 saturated heterocycles. The molecule has 0 atom stereocenters. The summed E-state index contributed by atoms with van der Waals surface area (Å²) in [5.74, 6) is -0.0748. The summed E-state index contributed by atoms with van der Waals surface area (Å²) in [5, 5.41) is 4.95. The maximum Gasteiger partial charge on any atom is 0.257 e. The van der Waals surface area contributed by atoms with E-state index in [1.54, 1.807) is 29.0 Å². The van der Waals surface area contributed by atoms with Gasteiger partial charge in [0.25, 0.3) is 5.91 Å². The van der Waals surface area contributed by atoms with Crippen molar-refractivity contribution in [3.63, 3.8) is 0 Å². The van der Waals surface area contributed by atoms with Gasteiger partial charge in [0.15, 0.2) is 0 Å². The number of halogens is 1. The van der Waals surface area contributed by atoms with E-state index in [2.05, 4.69) is 5.10 Å². The highest BCUT2D eigenvalue weighted by Crippen LogP contribution is 2.17. The molecule has 0 aliphatic carbocycles. The summed E-state index contributed by atoms with van der Waals surface area (Å²) in [6.07, 6.45) is 3.38. The van der Waals surface area contributed by atoms with Crippen LogP contribution >= 0.6 is 11.6 Å². The van der Waals surface area contributed by atoms with Crippen molar-refractivity contribution in [1.82, 2.24) is 14.7 Å². The zero-order valence-electron chi connectivity index (χ0n) is 13.4. The van der Waals surface area contributed by atoms with E-state index in [0.29, 0.717) is 23.7 Å². The fourth-order valence-corrected chi connectivity index (χ4v) is 2.70. The molecular weight excluding hydrogens is 322 g/mol. The number of carbonyl (C=O) groups excluding carboxylic acids is 1. The third kappa shape index (κ3) is 3.84. The molecule has 122 valence electrons. The largest absolute Gasteiger partial charge is 0.337 e. The molecule has 1 amide bonds. The third-order valence-corrected chi connectivity index (χ3v) is 4.15. The summed E-state index contributed by atoms with van der Waals surface area (Å²) < 4.78 is 1.77. The molecular formula is C19H18ClN3O. The van der Waals surface area contributed by atoms with Gasteiger partial charge in [-0.2, -0.15) is 5.10 Å². The molecule has 0 spiro atoms. The standard InChI is InChI=1S/C19H18ClN3O/c1-22(13-16-9-5-6-10-18(16)20)19(24)17-11-21-23(14-17)12-15-7-3-2-4-8-15/h2-11,14H,12-13H2,1H3. The van der Waals surface area contributed by atoms with Gasteiger partial charge in [0.05, 0.1) is 18.3 Å². The van der Waals surface area contributed by atoms with Crippen molar-refractivity contribution in [3.8, 4) is 0 Å². The number of benzene rings is 2. The van der Waals surface area contributed by atoms with Gasteiger partial charge in [0.1, 0.15) is 0 Å². The molecule has 1 aromatic heterocycles. The Morgan fingerprint density at radius 2 is 1.83 bits per heavy atom. The lowest BCUT2D eigenvalue weighted by molar-refractivity contribution is 0.0785. The van der Waals surface area contributed by atoms with Crippen LogP contribution in [0.1, 0.15) is 21.5 Å². The van der Waals surface area contributed by atoms with Crippen LogP contribution in [-0.2, 0) is 13.1 Å². The summed E-state index contributed by atoms with van der Waals surface area (Å²) >= 11 is 6.16. The number of aromatic nitrogens is 2. The van der Waals surface area contributed by atoms with E-state index < -0.39 is 0 Å². The smallest absolute Gasteiger partial charge is 0.257 e. The Morgan fingerprint density at radius 3 is 2.58 bits per heavy atom. The lowest BCUT2D eigenvalue weighted by atomic mass is 10.2. The Labute approximate surface area is 146 Å². The maximum absolute atomic E-state index is 12.6. The number of carbonyl (C=O) groups is 1. The van der Waals surface area contributed by atoms with Gasteiger partial charge in [0, 0.05) is 24.8 Å². The minimum Gasteiger partial charge on any atom is -0.337 e. The van der Waals surface area contributed by atoms with Crippen molar-refractivity contribution in [2.45, 2.75) is 13.1 Å². The molecule has 3 rings (SSSR count). The molecule has 0 fully saturated rings. The molecule has 0 saturated carbocycles.